The van der Waals surface area contributed by atoms with Gasteiger partial charge in [-0.25, -0.2) is 0 Å². The van der Waals surface area contributed by atoms with Crippen molar-refractivity contribution in [2.45, 2.75) is 19.9 Å². The van der Waals surface area contributed by atoms with Gasteiger partial charge < -0.3 is 14.5 Å². The number of thioether (sulfide) groups is 1. The van der Waals surface area contributed by atoms with Gasteiger partial charge in [0, 0.05) is 18.9 Å². The number of aryl methyl sites for hydroxylation is 1. The van der Waals surface area contributed by atoms with Crippen LogP contribution < -0.4 is 5.11 Å². The average molecular weight is 323 g/mol. The van der Waals surface area contributed by atoms with Crippen LogP contribution in [-0.4, -0.2) is 31.7 Å². The lowest BCUT2D eigenvalue weighted by molar-refractivity contribution is -0.311. The predicted molar refractivity (Wildman–Crippen MR) is 84.1 cm³/mol. The molecule has 0 spiro atoms. The molecule has 1 atom stereocenters. The van der Waals surface area contributed by atoms with Crippen LogP contribution in [-0.2, 0) is 16.6 Å². The number of amides is 1. The summed E-state index contributed by atoms with van der Waals surface area (Å²) >= 11 is 6.28. The summed E-state index contributed by atoms with van der Waals surface area (Å²) in [7, 11) is 1.87. The highest BCUT2D eigenvalue weighted by Gasteiger charge is 2.39. The number of nitrogens with zero attached hydrogens (tertiary/aromatic N) is 2. The molecule has 0 aromatic carbocycles. The molecule has 0 N–H and O–H groups in total. The molecule has 1 aromatic heterocycles. The molecule has 2 heterocycles. The van der Waals surface area contributed by atoms with Gasteiger partial charge in [-0.2, -0.15) is 0 Å². The van der Waals surface area contributed by atoms with Gasteiger partial charge in [0.1, 0.15) is 4.32 Å². The second kappa shape index (κ2) is 6.03. The lowest BCUT2D eigenvalue weighted by Crippen LogP contribution is -2.52. The summed E-state index contributed by atoms with van der Waals surface area (Å²) in [5, 5.41) is 11.3. The maximum absolute atomic E-state index is 12.5. The number of thiocarbonyl (C=S) groups is 1. The molecule has 2 rings (SSSR count). The molecule has 1 aliphatic rings. The van der Waals surface area contributed by atoms with Crippen molar-refractivity contribution in [1.29, 1.82) is 0 Å². The first kappa shape index (κ1) is 15.8. The van der Waals surface area contributed by atoms with Crippen molar-refractivity contribution in [1.82, 2.24) is 9.47 Å². The van der Waals surface area contributed by atoms with Crippen molar-refractivity contribution in [3.8, 4) is 0 Å². The normalized spacial score (nSPS) is 18.9. The summed E-state index contributed by atoms with van der Waals surface area (Å²) in [5.41, 5.74) is 0.852. The van der Waals surface area contributed by atoms with Crippen LogP contribution in [0.5, 0.6) is 0 Å². The Morgan fingerprint density at radius 2 is 2.14 bits per heavy atom. The third kappa shape index (κ3) is 3.03. The Kier molecular flexibility index (Phi) is 4.53. The fourth-order valence-electron chi connectivity index (χ4n) is 2.15. The van der Waals surface area contributed by atoms with Crippen LogP contribution in [0.4, 0.5) is 0 Å². The van der Waals surface area contributed by atoms with Crippen LogP contribution in [0.25, 0.3) is 6.08 Å². The third-order valence-corrected chi connectivity index (χ3v) is 4.57. The van der Waals surface area contributed by atoms with Crippen molar-refractivity contribution in [3.63, 3.8) is 0 Å². The van der Waals surface area contributed by atoms with E-state index in [-0.39, 0.29) is 16.1 Å². The van der Waals surface area contributed by atoms with Gasteiger partial charge in [0.25, 0.3) is 5.91 Å². The number of carboxylic acids is 1. The average Bonchev–Trinajstić information content (AvgIpc) is 2.88. The third-order valence-electron chi connectivity index (χ3n) is 3.24. The zero-order chi connectivity index (χ0) is 15.7. The van der Waals surface area contributed by atoms with Crippen LogP contribution in [0.2, 0.25) is 0 Å². The summed E-state index contributed by atoms with van der Waals surface area (Å²) in [4.78, 5) is 25.3. The van der Waals surface area contributed by atoms with Crippen molar-refractivity contribution >= 4 is 46.3 Å². The maximum atomic E-state index is 12.5. The van der Waals surface area contributed by atoms with Gasteiger partial charge in [-0.05, 0) is 24.1 Å². The lowest BCUT2D eigenvalue weighted by atomic mass is 10.0. The first-order valence-electron chi connectivity index (χ1n) is 6.42. The zero-order valence-electron chi connectivity index (χ0n) is 11.9. The molecule has 5 nitrogen and oxygen atoms in total. The highest BCUT2D eigenvalue weighted by atomic mass is 32.2. The van der Waals surface area contributed by atoms with E-state index in [1.54, 1.807) is 19.9 Å². The van der Waals surface area contributed by atoms with Crippen LogP contribution in [0, 0.1) is 5.92 Å². The minimum atomic E-state index is -1.29. The molecule has 0 radical (unpaired) electrons. The highest BCUT2D eigenvalue weighted by Crippen LogP contribution is 2.35. The smallest absolute Gasteiger partial charge is 0.266 e. The molecule has 1 aliphatic heterocycles. The van der Waals surface area contributed by atoms with E-state index < -0.39 is 12.0 Å². The van der Waals surface area contributed by atoms with Crippen LogP contribution >= 0.6 is 24.0 Å². The van der Waals surface area contributed by atoms with Crippen molar-refractivity contribution in [2.24, 2.45) is 13.0 Å². The minimum absolute atomic E-state index is 0.253. The van der Waals surface area contributed by atoms with Gasteiger partial charge in [0.2, 0.25) is 0 Å². The topological polar surface area (TPSA) is 65.4 Å². The van der Waals surface area contributed by atoms with E-state index in [4.69, 9.17) is 12.2 Å². The molecule has 1 amide bonds. The van der Waals surface area contributed by atoms with Gasteiger partial charge in [0.15, 0.2) is 0 Å². The zero-order valence-corrected chi connectivity index (χ0v) is 13.5. The fraction of sp³-hybridized carbons (Fsp3) is 0.357. The van der Waals surface area contributed by atoms with E-state index in [1.807, 2.05) is 29.9 Å². The Hall–Kier alpha value is -1.60. The molecular formula is C14H15N2O3S2-. The van der Waals surface area contributed by atoms with Crippen LogP contribution in [0.3, 0.4) is 0 Å². The highest BCUT2D eigenvalue weighted by molar-refractivity contribution is 8.26. The number of hydrogen-bond acceptors (Lipinski definition) is 5. The second-order valence-electron chi connectivity index (χ2n) is 5.10. The monoisotopic (exact) mass is 323 g/mol. The molecule has 112 valence electrons. The summed E-state index contributed by atoms with van der Waals surface area (Å²) in [6.07, 6.45) is 3.58. The Bertz CT molecular complexity index is 634. The van der Waals surface area contributed by atoms with Gasteiger partial charge in [-0.3, -0.25) is 9.69 Å². The molecular weight excluding hydrogens is 308 g/mol. The molecule has 1 saturated heterocycles. The number of rotatable bonds is 4. The number of aliphatic carboxylic acids is 1. The van der Waals surface area contributed by atoms with Gasteiger partial charge in [-0.15, -0.1) is 0 Å². The van der Waals surface area contributed by atoms with E-state index in [1.165, 1.54) is 0 Å². The Morgan fingerprint density at radius 3 is 2.62 bits per heavy atom. The standard InChI is InChI=1S/C14H16N2O3S2/c1-8(2)11(13(18)19)16-12(17)10(21-14(16)20)7-9-5-4-6-15(9)3/h4-8,11H,1-3H3,(H,18,19)/p-1/b10-7-/t11-/m1/s1. The molecule has 0 saturated carbocycles. The summed E-state index contributed by atoms with van der Waals surface area (Å²) in [6.45, 7) is 3.44. The van der Waals surface area contributed by atoms with E-state index in [9.17, 15) is 14.7 Å². The summed E-state index contributed by atoms with van der Waals surface area (Å²) < 4.78 is 2.12. The minimum Gasteiger partial charge on any atom is -0.548 e. The van der Waals surface area contributed by atoms with Gasteiger partial charge in [0.05, 0.1) is 16.9 Å². The molecule has 0 bridgehead atoms. The maximum Gasteiger partial charge on any atom is 0.266 e. The molecule has 1 aromatic rings. The number of carbonyl (C=O) groups excluding carboxylic acids is 2. The van der Waals surface area contributed by atoms with Gasteiger partial charge in [-0.1, -0.05) is 37.8 Å². The first-order valence-corrected chi connectivity index (χ1v) is 7.64. The Balaban J connectivity index is 2.34. The predicted octanol–water partition coefficient (Wildman–Crippen LogP) is 1.00. The second-order valence-corrected chi connectivity index (χ2v) is 6.78. The Labute approximate surface area is 132 Å². The fourth-order valence-corrected chi connectivity index (χ4v) is 3.47. The number of carboxylic acid groups (broad SMARTS) is 1. The van der Waals surface area contributed by atoms with Crippen LogP contribution in [0.1, 0.15) is 19.5 Å². The SMILES string of the molecule is CC(C)[C@H](C(=O)[O-])N1C(=O)/C(=C/c2cccn2C)SC1=S. The molecule has 0 aliphatic carbocycles. The van der Waals surface area contributed by atoms with E-state index in [0.29, 0.717) is 4.91 Å². The van der Waals surface area contributed by atoms with Crippen molar-refractivity contribution in [3.05, 3.63) is 28.9 Å². The number of carbonyl (C=O) groups is 2. The summed E-state index contributed by atoms with van der Waals surface area (Å²) in [5.74, 6) is -1.96. The molecule has 1 fully saturated rings. The van der Waals surface area contributed by atoms with Gasteiger partial charge >= 0.3 is 0 Å². The summed E-state index contributed by atoms with van der Waals surface area (Å²) in [6, 6.07) is 2.69. The van der Waals surface area contributed by atoms with Crippen LogP contribution in [0.15, 0.2) is 23.2 Å². The van der Waals surface area contributed by atoms with E-state index in [0.717, 1.165) is 22.4 Å². The van der Waals surface area contributed by atoms with Crippen molar-refractivity contribution in [2.75, 3.05) is 0 Å². The van der Waals surface area contributed by atoms with E-state index in [2.05, 4.69) is 0 Å². The first-order chi connectivity index (χ1) is 9.82. The lowest BCUT2D eigenvalue weighted by Gasteiger charge is -2.30. The van der Waals surface area contributed by atoms with Crippen molar-refractivity contribution < 1.29 is 14.7 Å². The molecule has 0 unspecified atom stereocenters. The Morgan fingerprint density at radius 1 is 1.48 bits per heavy atom. The largest absolute Gasteiger partial charge is 0.548 e. The number of aromatic nitrogens is 1. The van der Waals surface area contributed by atoms with E-state index >= 15 is 0 Å². The molecule has 21 heavy (non-hydrogen) atoms. The molecule has 7 heteroatoms. The number of hydrogen-bond donors (Lipinski definition) is 0. The quantitative estimate of drug-likeness (QED) is 0.611.